The fourth-order valence-electron chi connectivity index (χ4n) is 3.17. The third kappa shape index (κ3) is 2.90. The molecular weight excluding hydrogens is 302 g/mol. The highest BCUT2D eigenvalue weighted by Gasteiger charge is 2.36. The lowest BCUT2D eigenvalue weighted by Crippen LogP contribution is -2.48. The van der Waals surface area contributed by atoms with Crippen molar-refractivity contribution in [1.82, 2.24) is 4.90 Å². The van der Waals surface area contributed by atoms with Crippen LogP contribution in [-0.4, -0.2) is 52.9 Å². The molecule has 2 saturated heterocycles. The molecule has 1 atom stereocenters. The van der Waals surface area contributed by atoms with Crippen molar-refractivity contribution in [3.05, 3.63) is 34.4 Å². The molecule has 2 aliphatic heterocycles. The number of rotatable bonds is 3. The van der Waals surface area contributed by atoms with Gasteiger partial charge in [0, 0.05) is 37.2 Å². The summed E-state index contributed by atoms with van der Waals surface area (Å²) in [7, 11) is 0. The van der Waals surface area contributed by atoms with Gasteiger partial charge in [0.05, 0.1) is 4.92 Å². The Kier molecular flexibility index (Phi) is 4.52. The number of benzene rings is 1. The minimum Gasteiger partial charge on any atom is -0.354 e. The van der Waals surface area contributed by atoms with E-state index >= 15 is 0 Å². The molecule has 1 aromatic carbocycles. The lowest BCUT2D eigenvalue weighted by molar-refractivity contribution is -0.384. The van der Waals surface area contributed by atoms with Gasteiger partial charge in [-0.2, -0.15) is 11.8 Å². The number of carbonyl (C=O) groups excluding carboxylic acids is 1. The maximum absolute atomic E-state index is 12.8. The summed E-state index contributed by atoms with van der Waals surface area (Å²) in [6.45, 7) is 2.26. The topological polar surface area (TPSA) is 66.7 Å². The van der Waals surface area contributed by atoms with Gasteiger partial charge in [-0.1, -0.05) is 12.1 Å². The summed E-state index contributed by atoms with van der Waals surface area (Å²) in [5.74, 6) is 2.07. The SMILES string of the molecule is O=C([C@@H]1CCCN1c1ccccc1[N+](=O)[O-])N1CCSCC1. The Morgan fingerprint density at radius 3 is 2.68 bits per heavy atom. The van der Waals surface area contributed by atoms with E-state index in [1.54, 1.807) is 18.2 Å². The smallest absolute Gasteiger partial charge is 0.292 e. The molecule has 3 rings (SSSR count). The first kappa shape index (κ1) is 15.1. The van der Waals surface area contributed by atoms with Gasteiger partial charge < -0.3 is 9.80 Å². The van der Waals surface area contributed by atoms with Crippen molar-refractivity contribution >= 4 is 29.0 Å². The highest BCUT2D eigenvalue weighted by Crippen LogP contribution is 2.34. The van der Waals surface area contributed by atoms with Crippen LogP contribution in [0.4, 0.5) is 11.4 Å². The van der Waals surface area contributed by atoms with Crippen molar-refractivity contribution in [3.63, 3.8) is 0 Å². The maximum atomic E-state index is 12.8. The highest BCUT2D eigenvalue weighted by atomic mass is 32.2. The third-order valence-corrected chi connectivity index (χ3v) is 5.19. The predicted octanol–water partition coefficient (Wildman–Crippen LogP) is 2.14. The van der Waals surface area contributed by atoms with Crippen molar-refractivity contribution in [2.75, 3.05) is 36.0 Å². The molecule has 2 heterocycles. The van der Waals surface area contributed by atoms with E-state index in [2.05, 4.69) is 0 Å². The Balaban J connectivity index is 1.84. The van der Waals surface area contributed by atoms with Gasteiger partial charge >= 0.3 is 0 Å². The largest absolute Gasteiger partial charge is 0.354 e. The highest BCUT2D eigenvalue weighted by molar-refractivity contribution is 7.99. The molecule has 0 radical (unpaired) electrons. The van der Waals surface area contributed by atoms with Crippen molar-refractivity contribution < 1.29 is 9.72 Å². The molecule has 0 N–H and O–H groups in total. The molecular formula is C15H19N3O3S. The molecule has 0 aliphatic carbocycles. The molecule has 2 aliphatic rings. The normalized spacial score (nSPS) is 21.9. The van der Waals surface area contributed by atoms with Crippen LogP contribution >= 0.6 is 11.8 Å². The number of nitrogens with zero attached hydrogens (tertiary/aromatic N) is 3. The average Bonchev–Trinajstić information content (AvgIpc) is 3.04. The Bertz CT molecular complexity index is 575. The van der Waals surface area contributed by atoms with E-state index in [9.17, 15) is 14.9 Å². The number of amides is 1. The van der Waals surface area contributed by atoms with E-state index < -0.39 is 0 Å². The number of hydrogen-bond acceptors (Lipinski definition) is 5. The summed E-state index contributed by atoms with van der Waals surface area (Å²) >= 11 is 1.87. The molecule has 22 heavy (non-hydrogen) atoms. The van der Waals surface area contributed by atoms with Gasteiger partial charge in [-0.25, -0.2) is 0 Å². The van der Waals surface area contributed by atoms with E-state index in [-0.39, 0.29) is 22.6 Å². The van der Waals surface area contributed by atoms with Gasteiger partial charge in [0.15, 0.2) is 0 Å². The molecule has 0 bridgehead atoms. The van der Waals surface area contributed by atoms with Crippen molar-refractivity contribution in [3.8, 4) is 0 Å². The summed E-state index contributed by atoms with van der Waals surface area (Å²) in [6, 6.07) is 6.45. The van der Waals surface area contributed by atoms with Crippen LogP contribution in [0.15, 0.2) is 24.3 Å². The van der Waals surface area contributed by atoms with Crippen molar-refractivity contribution in [2.24, 2.45) is 0 Å². The van der Waals surface area contributed by atoms with E-state index in [4.69, 9.17) is 0 Å². The Hall–Kier alpha value is -1.76. The van der Waals surface area contributed by atoms with Gasteiger partial charge in [0.2, 0.25) is 5.91 Å². The van der Waals surface area contributed by atoms with E-state index in [0.29, 0.717) is 12.2 Å². The lowest BCUT2D eigenvalue weighted by atomic mass is 10.1. The Morgan fingerprint density at radius 1 is 1.23 bits per heavy atom. The number of hydrogen-bond donors (Lipinski definition) is 0. The van der Waals surface area contributed by atoms with Crippen LogP contribution in [0, 0.1) is 10.1 Å². The molecule has 118 valence electrons. The fraction of sp³-hybridized carbons (Fsp3) is 0.533. The van der Waals surface area contributed by atoms with Crippen molar-refractivity contribution in [1.29, 1.82) is 0 Å². The summed E-state index contributed by atoms with van der Waals surface area (Å²) < 4.78 is 0. The molecule has 2 fully saturated rings. The summed E-state index contributed by atoms with van der Waals surface area (Å²) in [6.07, 6.45) is 1.67. The number of thioether (sulfide) groups is 1. The summed E-state index contributed by atoms with van der Waals surface area (Å²) in [5, 5.41) is 11.2. The number of nitro benzene ring substituents is 1. The lowest BCUT2D eigenvalue weighted by Gasteiger charge is -2.33. The molecule has 0 saturated carbocycles. The second-order valence-electron chi connectivity index (χ2n) is 5.53. The molecule has 0 aromatic heterocycles. The number of para-hydroxylation sites is 2. The Morgan fingerprint density at radius 2 is 1.95 bits per heavy atom. The first-order valence-electron chi connectivity index (χ1n) is 7.55. The van der Waals surface area contributed by atoms with Crippen molar-refractivity contribution in [2.45, 2.75) is 18.9 Å². The number of anilines is 1. The Labute approximate surface area is 133 Å². The molecule has 6 nitrogen and oxygen atoms in total. The third-order valence-electron chi connectivity index (χ3n) is 4.25. The van der Waals surface area contributed by atoms with Gasteiger partial charge in [-0.15, -0.1) is 0 Å². The van der Waals surface area contributed by atoms with Crippen LogP contribution in [0.5, 0.6) is 0 Å². The maximum Gasteiger partial charge on any atom is 0.292 e. The minimum atomic E-state index is -0.368. The molecule has 0 unspecified atom stereocenters. The molecule has 1 amide bonds. The van der Waals surface area contributed by atoms with E-state index in [1.165, 1.54) is 6.07 Å². The van der Waals surface area contributed by atoms with Gasteiger partial charge in [-0.05, 0) is 18.9 Å². The number of nitro groups is 1. The van der Waals surface area contributed by atoms with Gasteiger partial charge in [0.1, 0.15) is 11.7 Å². The average molecular weight is 321 g/mol. The zero-order chi connectivity index (χ0) is 15.5. The first-order valence-corrected chi connectivity index (χ1v) is 8.70. The van der Waals surface area contributed by atoms with Gasteiger partial charge in [0.25, 0.3) is 5.69 Å². The minimum absolute atomic E-state index is 0.0800. The van der Waals surface area contributed by atoms with Crippen LogP contribution < -0.4 is 4.90 Å². The number of carbonyl (C=O) groups is 1. The quantitative estimate of drug-likeness (QED) is 0.630. The molecule has 1 aromatic rings. The fourth-order valence-corrected chi connectivity index (χ4v) is 4.07. The summed E-state index contributed by atoms with van der Waals surface area (Å²) in [5.41, 5.74) is 0.645. The second kappa shape index (κ2) is 6.56. The second-order valence-corrected chi connectivity index (χ2v) is 6.76. The molecule has 0 spiro atoms. The van der Waals surface area contributed by atoms with Gasteiger partial charge in [-0.3, -0.25) is 14.9 Å². The summed E-state index contributed by atoms with van der Waals surface area (Å²) in [4.78, 5) is 27.5. The first-order chi connectivity index (χ1) is 10.7. The van der Waals surface area contributed by atoms with Crippen LogP contribution in [0.25, 0.3) is 0 Å². The van der Waals surface area contributed by atoms with Crippen LogP contribution in [0.1, 0.15) is 12.8 Å². The zero-order valence-electron chi connectivity index (χ0n) is 12.3. The van der Waals surface area contributed by atoms with Crippen LogP contribution in [0.2, 0.25) is 0 Å². The monoisotopic (exact) mass is 321 g/mol. The standard InChI is InChI=1S/C15H19N3O3S/c19-15(16-8-10-22-11-9-16)14-6-3-7-17(14)12-4-1-2-5-13(12)18(20)21/h1-2,4-5,14H,3,6-11H2/t14-/m0/s1. The zero-order valence-corrected chi connectivity index (χ0v) is 13.1. The van der Waals surface area contributed by atoms with E-state index in [1.807, 2.05) is 21.6 Å². The van der Waals surface area contributed by atoms with Crippen LogP contribution in [0.3, 0.4) is 0 Å². The molecule has 7 heteroatoms. The predicted molar refractivity (Wildman–Crippen MR) is 87.4 cm³/mol. The van der Waals surface area contributed by atoms with E-state index in [0.717, 1.165) is 37.4 Å². The van der Waals surface area contributed by atoms with Crippen LogP contribution in [-0.2, 0) is 4.79 Å².